The van der Waals surface area contributed by atoms with E-state index in [4.69, 9.17) is 14.2 Å². The van der Waals surface area contributed by atoms with E-state index in [-0.39, 0.29) is 23.1 Å². The van der Waals surface area contributed by atoms with Crippen molar-refractivity contribution in [1.29, 1.82) is 0 Å². The van der Waals surface area contributed by atoms with Crippen molar-refractivity contribution < 1.29 is 28.9 Å². The molecule has 1 aromatic heterocycles. The Morgan fingerprint density at radius 3 is 2.14 bits per heavy atom. The number of nitrogens with zero attached hydrogens (tertiary/aromatic N) is 2. The average molecular weight is 491 g/mol. The number of methoxy groups -OCH3 is 3. The molecule has 0 atom stereocenters. The summed E-state index contributed by atoms with van der Waals surface area (Å²) < 4.78 is 24.2. The summed E-state index contributed by atoms with van der Waals surface area (Å²) in [5.41, 5.74) is 2.65. The van der Waals surface area contributed by atoms with Crippen LogP contribution >= 0.6 is 11.7 Å². The number of rotatable bonds is 9. The van der Waals surface area contributed by atoms with Crippen molar-refractivity contribution in [2.24, 2.45) is 0 Å². The van der Waals surface area contributed by atoms with E-state index in [0.717, 1.165) is 17.3 Å². The number of carbonyl (C=O) groups is 2. The molecule has 1 N–H and O–H groups in total. The first kappa shape index (κ1) is 23.9. The number of ether oxygens (including phenoxy) is 3. The van der Waals surface area contributed by atoms with Crippen molar-refractivity contribution >= 4 is 40.1 Å². The van der Waals surface area contributed by atoms with Gasteiger partial charge in [-0.1, -0.05) is 18.2 Å². The highest BCUT2D eigenvalue weighted by molar-refractivity contribution is 7.00. The van der Waals surface area contributed by atoms with E-state index >= 15 is 0 Å². The van der Waals surface area contributed by atoms with Gasteiger partial charge in [-0.3, -0.25) is 4.79 Å². The van der Waals surface area contributed by atoms with Gasteiger partial charge >= 0.3 is 5.97 Å². The first-order valence-corrected chi connectivity index (χ1v) is 11.3. The number of carbonyl (C=O) groups excluding carboxylic acids is 1. The minimum Gasteiger partial charge on any atom is -0.497 e. The van der Waals surface area contributed by atoms with Gasteiger partial charge in [-0.25, -0.2) is 4.79 Å². The summed E-state index contributed by atoms with van der Waals surface area (Å²) in [4.78, 5) is 26.4. The van der Waals surface area contributed by atoms with Gasteiger partial charge in [-0.05, 0) is 53.6 Å². The molecule has 0 radical (unpaired) electrons. The normalized spacial score (nSPS) is 11.6. The number of carboxylic acid groups (broad SMARTS) is 1. The van der Waals surface area contributed by atoms with E-state index in [1.54, 1.807) is 67.8 Å². The van der Waals surface area contributed by atoms with E-state index in [1.807, 2.05) is 0 Å². The quantitative estimate of drug-likeness (QED) is 0.266. The first-order valence-electron chi connectivity index (χ1n) is 10.5. The number of allylic oxidation sites excluding steroid dienone is 1. The predicted molar refractivity (Wildman–Crippen MR) is 133 cm³/mol. The number of hydrogen-bond donors (Lipinski definition) is 1. The predicted octanol–water partition coefficient (Wildman–Crippen LogP) is 4.68. The van der Waals surface area contributed by atoms with E-state index in [1.165, 1.54) is 14.2 Å². The molecule has 0 spiro atoms. The number of carboxylic acids is 1. The smallest absolute Gasteiger partial charge is 0.336 e. The molecule has 0 saturated heterocycles. The number of hydrogen-bond acceptors (Lipinski definition) is 8. The minimum absolute atomic E-state index is 0.0894. The third-order valence-corrected chi connectivity index (χ3v) is 6.07. The Morgan fingerprint density at radius 2 is 1.49 bits per heavy atom. The van der Waals surface area contributed by atoms with Gasteiger partial charge in [0.2, 0.25) is 0 Å². The lowest BCUT2D eigenvalue weighted by molar-refractivity contribution is -0.130. The lowest BCUT2D eigenvalue weighted by Gasteiger charge is -2.15. The van der Waals surface area contributed by atoms with Crippen LogP contribution in [0.5, 0.6) is 17.2 Å². The minimum atomic E-state index is -1.22. The Hall–Kier alpha value is -4.24. The van der Waals surface area contributed by atoms with Gasteiger partial charge in [0, 0.05) is 17.6 Å². The van der Waals surface area contributed by atoms with Gasteiger partial charge in [-0.2, -0.15) is 8.75 Å². The van der Waals surface area contributed by atoms with Crippen LogP contribution in [0.15, 0.2) is 66.2 Å². The highest BCUT2D eigenvalue weighted by Crippen LogP contribution is 2.32. The summed E-state index contributed by atoms with van der Waals surface area (Å²) in [6, 6.07) is 16.9. The van der Waals surface area contributed by atoms with Gasteiger partial charge < -0.3 is 19.3 Å². The molecule has 35 heavy (non-hydrogen) atoms. The fraction of sp³-hybridized carbons (Fsp3) is 0.154. The van der Waals surface area contributed by atoms with Crippen LogP contribution in [0.1, 0.15) is 21.5 Å². The van der Waals surface area contributed by atoms with Crippen molar-refractivity contribution in [1.82, 2.24) is 8.75 Å². The Labute approximate surface area is 205 Å². The van der Waals surface area contributed by atoms with Gasteiger partial charge in [0.15, 0.2) is 17.3 Å². The maximum absolute atomic E-state index is 13.8. The second-order valence-corrected chi connectivity index (χ2v) is 8.08. The summed E-state index contributed by atoms with van der Waals surface area (Å²) in [6.07, 6.45) is 0.0894. The van der Waals surface area contributed by atoms with Crippen molar-refractivity contribution in [3.63, 3.8) is 0 Å². The van der Waals surface area contributed by atoms with Crippen LogP contribution in [0.4, 0.5) is 0 Å². The summed E-state index contributed by atoms with van der Waals surface area (Å²) >= 11 is 1.04. The van der Waals surface area contributed by atoms with Crippen LogP contribution in [0.25, 0.3) is 16.6 Å². The van der Waals surface area contributed by atoms with Crippen molar-refractivity contribution in [2.45, 2.75) is 6.42 Å². The van der Waals surface area contributed by atoms with Crippen LogP contribution in [-0.4, -0.2) is 46.9 Å². The molecule has 4 aromatic rings. The van der Waals surface area contributed by atoms with Crippen LogP contribution in [0.3, 0.4) is 0 Å². The topological polar surface area (TPSA) is 108 Å². The molecule has 0 aliphatic rings. The van der Waals surface area contributed by atoms with Gasteiger partial charge in [0.05, 0.1) is 38.6 Å². The maximum Gasteiger partial charge on any atom is 0.336 e. The highest BCUT2D eigenvalue weighted by Gasteiger charge is 2.25. The third kappa shape index (κ3) is 4.99. The lowest BCUT2D eigenvalue weighted by Crippen LogP contribution is -2.14. The molecule has 8 nitrogen and oxygen atoms in total. The monoisotopic (exact) mass is 490 g/mol. The Bertz CT molecular complexity index is 1430. The number of aromatic nitrogens is 2. The van der Waals surface area contributed by atoms with Gasteiger partial charge in [-0.15, -0.1) is 0 Å². The zero-order chi connectivity index (χ0) is 24.9. The summed E-state index contributed by atoms with van der Waals surface area (Å²) in [6.45, 7) is 0. The molecule has 4 rings (SSSR count). The number of benzene rings is 3. The standard InChI is InChI=1S/C26H22N2O6S/c1-32-18-8-4-15(5-9-18)12-19(25(29)17-7-11-22(33-2)23(14-17)34-3)24(26(30)31)16-6-10-20-21(13-16)28-35-27-20/h4-11,13-14H,12H2,1-3H3,(H,30,31)/b24-19+. The second-order valence-electron chi connectivity index (χ2n) is 7.55. The summed E-state index contributed by atoms with van der Waals surface area (Å²) in [7, 11) is 4.54. The van der Waals surface area contributed by atoms with Crippen molar-refractivity contribution in [3.8, 4) is 17.2 Å². The van der Waals surface area contributed by atoms with Gasteiger partial charge in [0.1, 0.15) is 16.8 Å². The molecule has 0 unspecified atom stereocenters. The number of ketones is 1. The number of fused-ring (bicyclic) bond motifs is 1. The molecule has 0 amide bonds. The van der Waals surface area contributed by atoms with Gasteiger partial charge in [0.25, 0.3) is 0 Å². The molecule has 3 aromatic carbocycles. The maximum atomic E-state index is 13.8. The Kier molecular flexibility index (Phi) is 7.07. The molecule has 0 aliphatic heterocycles. The van der Waals surface area contributed by atoms with E-state index in [2.05, 4.69) is 8.75 Å². The molecule has 1 heterocycles. The molecule has 0 saturated carbocycles. The average Bonchev–Trinajstić information content (AvgIpc) is 3.35. The van der Waals surface area contributed by atoms with Crippen LogP contribution in [-0.2, 0) is 11.2 Å². The number of Topliss-reactive ketones (excluding diaryl/α,β-unsaturated/α-hetero) is 1. The number of aliphatic carboxylic acids is 1. The van der Waals surface area contributed by atoms with Crippen molar-refractivity contribution in [3.05, 3.63) is 82.9 Å². The third-order valence-electron chi connectivity index (χ3n) is 5.52. The Balaban J connectivity index is 1.89. The fourth-order valence-electron chi connectivity index (χ4n) is 3.75. The van der Waals surface area contributed by atoms with Crippen LogP contribution in [0.2, 0.25) is 0 Å². The second kappa shape index (κ2) is 10.4. The van der Waals surface area contributed by atoms with E-state index in [9.17, 15) is 14.7 Å². The summed E-state index contributed by atoms with van der Waals surface area (Å²) in [5, 5.41) is 10.3. The zero-order valence-electron chi connectivity index (χ0n) is 19.3. The van der Waals surface area contributed by atoms with Crippen LogP contribution < -0.4 is 14.2 Å². The highest BCUT2D eigenvalue weighted by atomic mass is 32.1. The van der Waals surface area contributed by atoms with Crippen molar-refractivity contribution in [2.75, 3.05) is 21.3 Å². The molecule has 9 heteroatoms. The molecule has 0 aliphatic carbocycles. The molecule has 0 fully saturated rings. The zero-order valence-corrected chi connectivity index (χ0v) is 20.1. The van der Waals surface area contributed by atoms with E-state index in [0.29, 0.717) is 33.8 Å². The fourth-order valence-corrected chi connectivity index (χ4v) is 4.26. The van der Waals surface area contributed by atoms with E-state index < -0.39 is 11.8 Å². The SMILES string of the molecule is COc1ccc(C/C(C(=O)c2ccc(OC)c(OC)c2)=C(\C(=O)O)c2ccc3nsnc3c2)cc1. The largest absolute Gasteiger partial charge is 0.497 e. The molecular weight excluding hydrogens is 468 g/mol. The summed E-state index contributed by atoms with van der Waals surface area (Å²) in [5.74, 6) is -0.162. The first-order chi connectivity index (χ1) is 16.9. The molecular formula is C26H22N2O6S. The van der Waals surface area contributed by atoms with Crippen LogP contribution in [0, 0.1) is 0 Å². The molecule has 0 bridgehead atoms. The molecule has 178 valence electrons. The Morgan fingerprint density at radius 1 is 0.800 bits per heavy atom. The lowest BCUT2D eigenvalue weighted by atomic mass is 9.89.